The van der Waals surface area contributed by atoms with Crippen LogP contribution < -0.4 is 4.74 Å². The zero-order valence-electron chi connectivity index (χ0n) is 10.9. The lowest BCUT2D eigenvalue weighted by atomic mass is 9.88. The Balaban J connectivity index is 3.55. The summed E-state index contributed by atoms with van der Waals surface area (Å²) in [6, 6.07) is 1.32. The van der Waals surface area contributed by atoms with Gasteiger partial charge in [0.05, 0.1) is 13.7 Å². The van der Waals surface area contributed by atoms with Crippen molar-refractivity contribution in [2.45, 2.75) is 25.6 Å². The Morgan fingerprint density at radius 3 is 2.58 bits per heavy atom. The fraction of sp³-hybridized carbons (Fsp3) is 0.500. The molecule has 0 amide bonds. The lowest BCUT2D eigenvalue weighted by Crippen LogP contribution is -2.36. The van der Waals surface area contributed by atoms with Crippen LogP contribution >= 0.6 is 11.6 Å². The zero-order chi connectivity index (χ0) is 14.6. The Morgan fingerprint density at radius 1 is 1.53 bits per heavy atom. The van der Waals surface area contributed by atoms with Gasteiger partial charge >= 0.3 is 5.97 Å². The van der Waals surface area contributed by atoms with E-state index < -0.39 is 11.6 Å². The summed E-state index contributed by atoms with van der Waals surface area (Å²) in [6.07, 6.45) is -0.0253. The highest BCUT2D eigenvalue weighted by molar-refractivity contribution is 6.29. The summed E-state index contributed by atoms with van der Waals surface area (Å²) in [7, 11) is 2.83. The zero-order valence-corrected chi connectivity index (χ0v) is 11.7. The van der Waals surface area contributed by atoms with Gasteiger partial charge in [-0.3, -0.25) is 0 Å². The normalized spacial score (nSPS) is 13.9. The maximum atomic E-state index is 11.3. The van der Waals surface area contributed by atoms with E-state index in [0.29, 0.717) is 5.56 Å². The SMILES string of the molecule is CCC(O)(C(=O)O)c1cc(Cl)nc(OC)c1COC. The summed E-state index contributed by atoms with van der Waals surface area (Å²) < 4.78 is 10.1. The predicted molar refractivity (Wildman–Crippen MR) is 68.3 cm³/mol. The minimum atomic E-state index is -2.06. The molecule has 0 fully saturated rings. The van der Waals surface area contributed by atoms with Gasteiger partial charge in [0.15, 0.2) is 5.60 Å². The summed E-state index contributed by atoms with van der Waals surface area (Å²) in [5, 5.41) is 19.6. The van der Waals surface area contributed by atoms with Crippen molar-refractivity contribution >= 4 is 17.6 Å². The van der Waals surface area contributed by atoms with Crippen molar-refractivity contribution in [3.63, 3.8) is 0 Å². The van der Waals surface area contributed by atoms with Gasteiger partial charge in [0, 0.05) is 18.2 Å². The third kappa shape index (κ3) is 2.97. The van der Waals surface area contributed by atoms with Crippen LogP contribution in [-0.4, -0.2) is 35.4 Å². The Hall–Kier alpha value is -1.37. The monoisotopic (exact) mass is 289 g/mol. The Bertz CT molecular complexity index is 479. The number of aliphatic carboxylic acids is 1. The molecule has 2 N–H and O–H groups in total. The molecule has 1 rings (SSSR count). The molecule has 0 spiro atoms. The fourth-order valence-corrected chi connectivity index (χ4v) is 1.98. The van der Waals surface area contributed by atoms with E-state index in [-0.39, 0.29) is 29.6 Å². The molecule has 0 radical (unpaired) electrons. The van der Waals surface area contributed by atoms with Gasteiger partial charge in [0.1, 0.15) is 5.15 Å². The van der Waals surface area contributed by atoms with Gasteiger partial charge in [-0.2, -0.15) is 0 Å². The van der Waals surface area contributed by atoms with Crippen molar-refractivity contribution in [3.05, 3.63) is 22.3 Å². The van der Waals surface area contributed by atoms with Crippen molar-refractivity contribution in [1.82, 2.24) is 4.98 Å². The summed E-state index contributed by atoms with van der Waals surface area (Å²) in [5.41, 5.74) is -1.57. The molecule has 7 heteroatoms. The smallest absolute Gasteiger partial charge is 0.340 e. The molecule has 0 aliphatic rings. The topological polar surface area (TPSA) is 88.9 Å². The first-order valence-electron chi connectivity index (χ1n) is 5.59. The van der Waals surface area contributed by atoms with Gasteiger partial charge < -0.3 is 19.7 Å². The summed E-state index contributed by atoms with van der Waals surface area (Å²) >= 11 is 5.83. The standard InChI is InChI=1S/C12H16ClNO5/c1-4-12(17,11(15)16)8-5-9(13)14-10(19-3)7(8)6-18-2/h5,17H,4,6H2,1-3H3,(H,15,16). The number of carboxylic acids is 1. The summed E-state index contributed by atoms with van der Waals surface area (Å²) in [6.45, 7) is 1.61. The van der Waals surface area contributed by atoms with Crippen LogP contribution in [0.3, 0.4) is 0 Å². The minimum Gasteiger partial charge on any atom is -0.481 e. The number of hydrogen-bond acceptors (Lipinski definition) is 5. The molecule has 1 aromatic heterocycles. The van der Waals surface area contributed by atoms with Crippen LogP contribution in [0.2, 0.25) is 5.15 Å². The molecular formula is C12H16ClNO5. The molecule has 106 valence electrons. The Labute approximate surface area is 115 Å². The van der Waals surface area contributed by atoms with Crippen LogP contribution in [0.5, 0.6) is 5.88 Å². The first-order chi connectivity index (χ1) is 8.90. The number of halogens is 1. The van der Waals surface area contributed by atoms with Gasteiger partial charge in [0.2, 0.25) is 5.88 Å². The molecule has 19 heavy (non-hydrogen) atoms. The second-order valence-electron chi connectivity index (χ2n) is 3.93. The molecule has 1 aromatic rings. The van der Waals surface area contributed by atoms with Crippen LogP contribution in [0.25, 0.3) is 0 Å². The molecule has 1 atom stereocenters. The third-order valence-corrected chi connectivity index (χ3v) is 3.04. The van der Waals surface area contributed by atoms with Crippen LogP contribution in [0.4, 0.5) is 0 Å². The quantitative estimate of drug-likeness (QED) is 0.773. The number of rotatable bonds is 6. The van der Waals surface area contributed by atoms with Crippen LogP contribution in [0.1, 0.15) is 24.5 Å². The van der Waals surface area contributed by atoms with Crippen molar-refractivity contribution in [2.75, 3.05) is 14.2 Å². The molecule has 0 aliphatic carbocycles. The van der Waals surface area contributed by atoms with E-state index in [1.807, 2.05) is 0 Å². The molecule has 1 heterocycles. The average molecular weight is 290 g/mol. The van der Waals surface area contributed by atoms with Gasteiger partial charge in [-0.05, 0) is 12.5 Å². The summed E-state index contributed by atoms with van der Waals surface area (Å²) in [4.78, 5) is 15.3. The van der Waals surface area contributed by atoms with Crippen molar-refractivity contribution < 1.29 is 24.5 Å². The highest BCUT2D eigenvalue weighted by Gasteiger charge is 2.39. The number of hydrogen-bond donors (Lipinski definition) is 2. The fourth-order valence-electron chi connectivity index (χ4n) is 1.80. The van der Waals surface area contributed by atoms with E-state index in [0.717, 1.165) is 0 Å². The number of carbonyl (C=O) groups is 1. The van der Waals surface area contributed by atoms with E-state index in [2.05, 4.69) is 4.98 Å². The molecule has 0 bridgehead atoms. The van der Waals surface area contributed by atoms with Crippen LogP contribution in [-0.2, 0) is 21.7 Å². The second-order valence-corrected chi connectivity index (χ2v) is 4.32. The molecule has 6 nitrogen and oxygen atoms in total. The average Bonchev–Trinajstić information content (AvgIpc) is 2.39. The van der Waals surface area contributed by atoms with Gasteiger partial charge in [0.25, 0.3) is 0 Å². The van der Waals surface area contributed by atoms with Gasteiger partial charge in [-0.1, -0.05) is 18.5 Å². The number of pyridine rings is 1. The number of nitrogens with zero attached hydrogens (tertiary/aromatic N) is 1. The maximum absolute atomic E-state index is 11.3. The lowest BCUT2D eigenvalue weighted by molar-refractivity contribution is -0.160. The number of aromatic nitrogens is 1. The van der Waals surface area contributed by atoms with E-state index in [1.54, 1.807) is 6.92 Å². The van der Waals surface area contributed by atoms with Crippen molar-refractivity contribution in [3.8, 4) is 5.88 Å². The number of carboxylic acid groups (broad SMARTS) is 1. The maximum Gasteiger partial charge on any atom is 0.340 e. The van der Waals surface area contributed by atoms with E-state index in [1.165, 1.54) is 20.3 Å². The molecule has 0 aromatic carbocycles. The van der Waals surface area contributed by atoms with E-state index in [4.69, 9.17) is 21.1 Å². The highest BCUT2D eigenvalue weighted by Crippen LogP contribution is 2.34. The Kier molecular flexibility index (Phi) is 5.11. The molecule has 0 saturated heterocycles. The third-order valence-electron chi connectivity index (χ3n) is 2.85. The molecular weight excluding hydrogens is 274 g/mol. The highest BCUT2D eigenvalue weighted by atomic mass is 35.5. The predicted octanol–water partition coefficient (Wildman–Crippen LogP) is 1.57. The number of methoxy groups -OCH3 is 2. The summed E-state index contributed by atoms with van der Waals surface area (Å²) in [5.74, 6) is -1.23. The van der Waals surface area contributed by atoms with Gasteiger partial charge in [-0.25, -0.2) is 9.78 Å². The van der Waals surface area contributed by atoms with E-state index in [9.17, 15) is 15.0 Å². The lowest BCUT2D eigenvalue weighted by Gasteiger charge is -2.25. The van der Waals surface area contributed by atoms with Gasteiger partial charge in [-0.15, -0.1) is 0 Å². The van der Waals surface area contributed by atoms with Crippen molar-refractivity contribution in [1.29, 1.82) is 0 Å². The Morgan fingerprint density at radius 2 is 2.16 bits per heavy atom. The van der Waals surface area contributed by atoms with Crippen LogP contribution in [0, 0.1) is 0 Å². The minimum absolute atomic E-state index is 0.0253. The largest absolute Gasteiger partial charge is 0.481 e. The second kappa shape index (κ2) is 6.18. The first kappa shape index (κ1) is 15.7. The number of aliphatic hydroxyl groups is 1. The first-order valence-corrected chi connectivity index (χ1v) is 5.97. The van der Waals surface area contributed by atoms with Crippen molar-refractivity contribution in [2.24, 2.45) is 0 Å². The molecule has 0 aliphatic heterocycles. The van der Waals surface area contributed by atoms with E-state index >= 15 is 0 Å². The molecule has 1 unspecified atom stereocenters. The molecule has 0 saturated carbocycles. The number of ether oxygens (including phenoxy) is 2. The van der Waals surface area contributed by atoms with Crippen LogP contribution in [0.15, 0.2) is 6.07 Å².